The van der Waals surface area contributed by atoms with Crippen molar-refractivity contribution in [3.05, 3.63) is 81.7 Å². The highest BCUT2D eigenvalue weighted by atomic mass is 35.5. The third-order valence-electron chi connectivity index (χ3n) is 5.07. The summed E-state index contributed by atoms with van der Waals surface area (Å²) in [7, 11) is 0. The molecule has 0 aliphatic heterocycles. The lowest BCUT2D eigenvalue weighted by Gasteiger charge is -2.22. The molecule has 4 aromatic rings. The average molecular weight is 407 g/mol. The molecule has 1 aliphatic carbocycles. The quantitative estimate of drug-likeness (QED) is 0.411. The molecule has 28 heavy (non-hydrogen) atoms. The topological polar surface area (TPSA) is 43.1 Å². The molecule has 0 radical (unpaired) electrons. The molecule has 0 unspecified atom stereocenters. The van der Waals surface area contributed by atoms with Gasteiger partial charge in [-0.15, -0.1) is 0 Å². The first-order valence-corrected chi connectivity index (χ1v) is 9.91. The minimum atomic E-state index is 0.570. The van der Waals surface area contributed by atoms with E-state index in [0.29, 0.717) is 10.8 Å². The number of benzene rings is 2. The first kappa shape index (κ1) is 17.4. The second kappa shape index (κ2) is 7.04. The highest BCUT2D eigenvalue weighted by Gasteiger charge is 2.24. The SMILES string of the molecule is Clc1ccccc1C=C1CCCc2c1nc1ncnn1c2-c1ccccc1Cl. The molecular formula is C22H16Cl2N4. The van der Waals surface area contributed by atoms with Crippen LogP contribution in [0.5, 0.6) is 0 Å². The molecule has 0 N–H and O–H groups in total. The molecule has 1 aliphatic rings. The first-order chi connectivity index (χ1) is 13.7. The molecule has 0 saturated carbocycles. The van der Waals surface area contributed by atoms with E-state index in [-0.39, 0.29) is 0 Å². The molecule has 0 amide bonds. The van der Waals surface area contributed by atoms with E-state index in [9.17, 15) is 0 Å². The van der Waals surface area contributed by atoms with E-state index >= 15 is 0 Å². The van der Waals surface area contributed by atoms with Gasteiger partial charge < -0.3 is 0 Å². The molecule has 0 saturated heterocycles. The van der Waals surface area contributed by atoms with E-state index in [1.807, 2.05) is 48.5 Å². The zero-order chi connectivity index (χ0) is 19.1. The van der Waals surface area contributed by atoms with Crippen molar-refractivity contribution >= 4 is 40.6 Å². The van der Waals surface area contributed by atoms with Crippen LogP contribution in [-0.2, 0) is 6.42 Å². The van der Waals surface area contributed by atoms with Crippen molar-refractivity contribution < 1.29 is 0 Å². The number of hydrogen-bond donors (Lipinski definition) is 0. The summed E-state index contributed by atoms with van der Waals surface area (Å²) in [5, 5.41) is 5.83. The minimum absolute atomic E-state index is 0.570. The van der Waals surface area contributed by atoms with Crippen molar-refractivity contribution in [2.75, 3.05) is 0 Å². The molecule has 0 atom stereocenters. The number of halogens is 2. The summed E-state index contributed by atoms with van der Waals surface area (Å²) in [6, 6.07) is 15.7. The number of fused-ring (bicyclic) bond motifs is 2. The normalized spacial score (nSPS) is 15.1. The van der Waals surface area contributed by atoms with Crippen LogP contribution in [0.25, 0.3) is 28.7 Å². The van der Waals surface area contributed by atoms with Crippen LogP contribution >= 0.6 is 23.2 Å². The summed E-state index contributed by atoms with van der Waals surface area (Å²) in [4.78, 5) is 9.18. The van der Waals surface area contributed by atoms with Crippen molar-refractivity contribution in [1.82, 2.24) is 19.6 Å². The smallest absolute Gasteiger partial charge is 0.211 e. The van der Waals surface area contributed by atoms with Gasteiger partial charge in [-0.25, -0.2) is 4.98 Å². The highest BCUT2D eigenvalue weighted by Crippen LogP contribution is 2.39. The zero-order valence-electron chi connectivity index (χ0n) is 14.9. The number of allylic oxidation sites excluding steroid dienone is 1. The Bertz CT molecular complexity index is 1230. The van der Waals surface area contributed by atoms with Crippen LogP contribution in [0, 0.1) is 0 Å². The monoisotopic (exact) mass is 406 g/mol. The minimum Gasteiger partial charge on any atom is -0.211 e. The first-order valence-electron chi connectivity index (χ1n) is 9.15. The Labute approximate surface area is 172 Å². The van der Waals surface area contributed by atoms with Crippen molar-refractivity contribution in [2.45, 2.75) is 19.3 Å². The Hall–Kier alpha value is -2.69. The summed E-state index contributed by atoms with van der Waals surface area (Å²) in [5.41, 5.74) is 6.17. The van der Waals surface area contributed by atoms with Gasteiger partial charge in [0.15, 0.2) is 0 Å². The van der Waals surface area contributed by atoms with E-state index in [2.05, 4.69) is 16.2 Å². The average Bonchev–Trinajstić information content (AvgIpc) is 3.17. The molecule has 0 bridgehead atoms. The van der Waals surface area contributed by atoms with Gasteiger partial charge in [0, 0.05) is 21.2 Å². The highest BCUT2D eigenvalue weighted by molar-refractivity contribution is 6.33. The summed E-state index contributed by atoms with van der Waals surface area (Å²) in [6.45, 7) is 0. The largest absolute Gasteiger partial charge is 0.253 e. The molecule has 2 aromatic heterocycles. The van der Waals surface area contributed by atoms with Crippen LogP contribution in [-0.4, -0.2) is 19.6 Å². The Balaban J connectivity index is 1.79. The predicted octanol–water partition coefficient (Wildman–Crippen LogP) is 5.98. The van der Waals surface area contributed by atoms with Gasteiger partial charge in [-0.1, -0.05) is 59.6 Å². The fourth-order valence-electron chi connectivity index (χ4n) is 3.80. The van der Waals surface area contributed by atoms with Crippen molar-refractivity contribution in [3.63, 3.8) is 0 Å². The molecule has 2 aromatic carbocycles. The van der Waals surface area contributed by atoms with Crippen molar-refractivity contribution in [2.24, 2.45) is 0 Å². The molecular weight excluding hydrogens is 391 g/mol. The molecule has 0 fully saturated rings. The molecule has 138 valence electrons. The molecule has 2 heterocycles. The van der Waals surface area contributed by atoms with Crippen LogP contribution in [0.15, 0.2) is 54.9 Å². The maximum Gasteiger partial charge on any atom is 0.253 e. The van der Waals surface area contributed by atoms with Crippen molar-refractivity contribution in [1.29, 1.82) is 0 Å². The van der Waals surface area contributed by atoms with Crippen LogP contribution in [0.1, 0.15) is 29.7 Å². The third-order valence-corrected chi connectivity index (χ3v) is 5.74. The standard InChI is InChI=1S/C22H16Cl2N4/c23-18-10-3-1-6-14(18)12-15-7-5-9-17-20(15)27-22-25-13-26-28(22)21(17)16-8-2-4-11-19(16)24/h1-4,6,8,10-13H,5,7,9H2. The van der Waals surface area contributed by atoms with Gasteiger partial charge in [0.25, 0.3) is 5.78 Å². The van der Waals surface area contributed by atoms with Gasteiger partial charge in [-0.05, 0) is 48.6 Å². The van der Waals surface area contributed by atoms with Crippen molar-refractivity contribution in [3.8, 4) is 11.3 Å². The number of aromatic nitrogens is 4. The van der Waals surface area contributed by atoms with Crippen LogP contribution in [0.4, 0.5) is 0 Å². The van der Waals surface area contributed by atoms with E-state index < -0.39 is 0 Å². The van der Waals surface area contributed by atoms with E-state index in [1.165, 1.54) is 6.33 Å². The Morgan fingerprint density at radius 3 is 2.54 bits per heavy atom. The predicted molar refractivity (Wildman–Crippen MR) is 113 cm³/mol. The number of hydrogen-bond acceptors (Lipinski definition) is 3. The maximum atomic E-state index is 6.54. The van der Waals surface area contributed by atoms with Crippen LogP contribution in [0.3, 0.4) is 0 Å². The lowest BCUT2D eigenvalue weighted by molar-refractivity contribution is 0.792. The van der Waals surface area contributed by atoms with Crippen LogP contribution < -0.4 is 0 Å². The molecule has 4 nitrogen and oxygen atoms in total. The summed E-state index contributed by atoms with van der Waals surface area (Å²) in [5.74, 6) is 0.570. The number of nitrogens with zero attached hydrogens (tertiary/aromatic N) is 4. The Morgan fingerprint density at radius 2 is 1.71 bits per heavy atom. The van der Waals surface area contributed by atoms with Gasteiger partial charge in [-0.3, -0.25) is 0 Å². The zero-order valence-corrected chi connectivity index (χ0v) is 16.5. The fraction of sp³-hybridized carbons (Fsp3) is 0.136. The van der Waals surface area contributed by atoms with E-state index in [1.54, 1.807) is 4.52 Å². The van der Waals surface area contributed by atoms with Gasteiger partial charge in [-0.2, -0.15) is 14.6 Å². The lowest BCUT2D eigenvalue weighted by atomic mass is 9.87. The van der Waals surface area contributed by atoms with Gasteiger partial charge >= 0.3 is 0 Å². The van der Waals surface area contributed by atoms with Crippen LogP contribution in [0.2, 0.25) is 10.0 Å². The third kappa shape index (κ3) is 2.89. The Morgan fingerprint density at radius 1 is 0.929 bits per heavy atom. The van der Waals surface area contributed by atoms with Gasteiger partial charge in [0.2, 0.25) is 0 Å². The molecule has 6 heteroatoms. The van der Waals surface area contributed by atoms with E-state index in [4.69, 9.17) is 28.2 Å². The summed E-state index contributed by atoms with van der Waals surface area (Å²) >= 11 is 12.9. The molecule has 5 rings (SSSR count). The second-order valence-corrected chi connectivity index (χ2v) is 7.60. The second-order valence-electron chi connectivity index (χ2n) is 6.78. The number of rotatable bonds is 2. The summed E-state index contributed by atoms with van der Waals surface area (Å²) in [6.07, 6.45) is 6.56. The van der Waals surface area contributed by atoms with E-state index in [0.717, 1.165) is 57.9 Å². The molecule has 0 spiro atoms. The lowest BCUT2D eigenvalue weighted by Crippen LogP contribution is -2.12. The summed E-state index contributed by atoms with van der Waals surface area (Å²) < 4.78 is 1.79. The maximum absolute atomic E-state index is 6.54. The van der Waals surface area contributed by atoms with Gasteiger partial charge in [0.05, 0.1) is 11.4 Å². The Kier molecular flexibility index (Phi) is 4.38. The fourth-order valence-corrected chi connectivity index (χ4v) is 4.22. The van der Waals surface area contributed by atoms with Gasteiger partial charge in [0.1, 0.15) is 6.33 Å².